The first-order valence-electron chi connectivity index (χ1n) is 7.60. The van der Waals surface area contributed by atoms with E-state index in [1.807, 2.05) is 36.6 Å². The SMILES string of the molecule is CSC1=NN2[C@@H](c3ccc(Cl)cc3Cl)Nc3ccccc3[C@@H]2C(=O)N1. The number of amides is 1. The number of para-hydroxylation sites is 1. The molecule has 8 heteroatoms. The maximum absolute atomic E-state index is 12.7. The van der Waals surface area contributed by atoms with E-state index < -0.39 is 6.04 Å². The van der Waals surface area contributed by atoms with E-state index in [0.717, 1.165) is 16.8 Å². The molecule has 5 nitrogen and oxygen atoms in total. The Hall–Kier alpha value is -1.89. The van der Waals surface area contributed by atoms with Gasteiger partial charge in [0.15, 0.2) is 11.2 Å². The van der Waals surface area contributed by atoms with Crippen LogP contribution in [-0.4, -0.2) is 22.3 Å². The first-order chi connectivity index (χ1) is 12.1. The van der Waals surface area contributed by atoms with Crippen molar-refractivity contribution in [1.29, 1.82) is 0 Å². The van der Waals surface area contributed by atoms with Gasteiger partial charge in [0, 0.05) is 26.9 Å². The number of halogens is 2. The van der Waals surface area contributed by atoms with Gasteiger partial charge in [0.25, 0.3) is 5.91 Å². The summed E-state index contributed by atoms with van der Waals surface area (Å²) in [6.07, 6.45) is 1.49. The second-order valence-corrected chi connectivity index (χ2v) is 7.32. The summed E-state index contributed by atoms with van der Waals surface area (Å²) in [7, 11) is 0. The summed E-state index contributed by atoms with van der Waals surface area (Å²) in [5.41, 5.74) is 2.58. The lowest BCUT2D eigenvalue weighted by molar-refractivity contribution is -0.127. The molecule has 2 aromatic rings. The van der Waals surface area contributed by atoms with E-state index in [-0.39, 0.29) is 12.1 Å². The first-order valence-corrected chi connectivity index (χ1v) is 9.59. The molecule has 0 spiro atoms. The van der Waals surface area contributed by atoms with Crippen LogP contribution in [0.4, 0.5) is 5.69 Å². The van der Waals surface area contributed by atoms with Crippen molar-refractivity contribution in [2.45, 2.75) is 12.2 Å². The third-order valence-corrected chi connectivity index (χ3v) is 5.34. The standard InChI is InChI=1S/C17H14Cl2N4OS/c1-25-17-21-16(24)14-11-4-2-3-5-13(11)20-15(23(14)22-17)10-7-6-9(18)8-12(10)19/h2-8,14-15,20H,1H3,(H,21,22,24)/t14-,15+/m1/s1. The normalized spacial score (nSPS) is 21.6. The molecule has 0 bridgehead atoms. The number of thioether (sulfide) groups is 1. The molecule has 25 heavy (non-hydrogen) atoms. The number of hydrogen-bond acceptors (Lipinski definition) is 5. The van der Waals surface area contributed by atoms with Gasteiger partial charge in [0.2, 0.25) is 0 Å². The number of anilines is 1. The average Bonchev–Trinajstić information content (AvgIpc) is 2.61. The molecule has 0 saturated heterocycles. The molecule has 4 rings (SSSR count). The van der Waals surface area contributed by atoms with Crippen LogP contribution >= 0.6 is 35.0 Å². The topological polar surface area (TPSA) is 56.7 Å². The summed E-state index contributed by atoms with van der Waals surface area (Å²) >= 11 is 13.8. The Morgan fingerprint density at radius 3 is 2.72 bits per heavy atom. The van der Waals surface area contributed by atoms with Gasteiger partial charge in [0.05, 0.1) is 0 Å². The molecular weight excluding hydrogens is 379 g/mol. The Kier molecular flexibility index (Phi) is 4.27. The predicted octanol–water partition coefficient (Wildman–Crippen LogP) is 4.22. The van der Waals surface area contributed by atoms with Crippen molar-refractivity contribution in [3.05, 3.63) is 63.6 Å². The molecule has 0 aromatic heterocycles. The van der Waals surface area contributed by atoms with E-state index in [2.05, 4.69) is 15.7 Å². The van der Waals surface area contributed by atoms with Crippen molar-refractivity contribution >= 4 is 51.7 Å². The zero-order valence-electron chi connectivity index (χ0n) is 13.2. The minimum Gasteiger partial charge on any atom is -0.360 e. The van der Waals surface area contributed by atoms with Crippen molar-refractivity contribution in [3.63, 3.8) is 0 Å². The molecule has 0 fully saturated rings. The van der Waals surface area contributed by atoms with Crippen molar-refractivity contribution in [2.75, 3.05) is 11.6 Å². The van der Waals surface area contributed by atoms with Gasteiger partial charge in [-0.2, -0.15) is 0 Å². The van der Waals surface area contributed by atoms with Crippen molar-refractivity contribution in [1.82, 2.24) is 10.3 Å². The number of hydrogen-bond donors (Lipinski definition) is 2. The molecule has 2 N–H and O–H groups in total. The van der Waals surface area contributed by atoms with Crippen LogP contribution in [0.3, 0.4) is 0 Å². The number of hydrazone groups is 1. The van der Waals surface area contributed by atoms with Crippen LogP contribution in [0.5, 0.6) is 0 Å². The lowest BCUT2D eigenvalue weighted by Gasteiger charge is -2.43. The zero-order chi connectivity index (χ0) is 17.6. The highest BCUT2D eigenvalue weighted by molar-refractivity contribution is 8.13. The van der Waals surface area contributed by atoms with Crippen LogP contribution in [0, 0.1) is 0 Å². The maximum Gasteiger partial charge on any atom is 0.255 e. The second kappa shape index (κ2) is 6.44. The molecule has 2 aliphatic rings. The van der Waals surface area contributed by atoms with Crippen LogP contribution < -0.4 is 10.6 Å². The number of amidine groups is 1. The molecular formula is C17H14Cl2N4OS. The Morgan fingerprint density at radius 2 is 1.96 bits per heavy atom. The van der Waals surface area contributed by atoms with Crippen molar-refractivity contribution in [2.24, 2.45) is 5.10 Å². The molecule has 2 atom stereocenters. The summed E-state index contributed by atoms with van der Waals surface area (Å²) < 4.78 is 0. The summed E-state index contributed by atoms with van der Waals surface area (Å²) in [5, 5.41) is 14.3. The molecule has 2 aromatic carbocycles. The predicted molar refractivity (Wildman–Crippen MR) is 103 cm³/mol. The Morgan fingerprint density at radius 1 is 1.16 bits per heavy atom. The van der Waals surface area contributed by atoms with Gasteiger partial charge in [-0.3, -0.25) is 9.80 Å². The lowest BCUT2D eigenvalue weighted by Crippen LogP contribution is -2.50. The summed E-state index contributed by atoms with van der Waals surface area (Å²) in [6, 6.07) is 12.5. The van der Waals surface area contributed by atoms with E-state index in [1.54, 1.807) is 17.1 Å². The average molecular weight is 393 g/mol. The highest BCUT2D eigenvalue weighted by Gasteiger charge is 2.42. The van der Waals surface area contributed by atoms with Crippen LogP contribution in [0.15, 0.2) is 47.6 Å². The summed E-state index contributed by atoms with van der Waals surface area (Å²) in [6.45, 7) is 0. The molecule has 2 aliphatic heterocycles. The van der Waals surface area contributed by atoms with Gasteiger partial charge >= 0.3 is 0 Å². The maximum atomic E-state index is 12.7. The Bertz CT molecular complexity index is 889. The Balaban J connectivity index is 1.88. The smallest absolute Gasteiger partial charge is 0.255 e. The van der Waals surface area contributed by atoms with Gasteiger partial charge in [-0.1, -0.05) is 59.2 Å². The fraction of sp³-hybridized carbons (Fsp3) is 0.176. The Labute approximate surface area is 159 Å². The number of fused-ring (bicyclic) bond motifs is 3. The first kappa shape index (κ1) is 16.6. The van der Waals surface area contributed by atoms with Crippen LogP contribution in [0.2, 0.25) is 10.0 Å². The molecule has 0 saturated carbocycles. The zero-order valence-corrected chi connectivity index (χ0v) is 15.5. The third-order valence-electron chi connectivity index (χ3n) is 4.21. The number of carbonyl (C=O) groups is 1. The van der Waals surface area contributed by atoms with Crippen molar-refractivity contribution < 1.29 is 4.79 Å². The minimum atomic E-state index is -0.523. The number of nitrogens with zero attached hydrogens (tertiary/aromatic N) is 2. The van der Waals surface area contributed by atoms with E-state index in [1.165, 1.54) is 11.8 Å². The summed E-state index contributed by atoms with van der Waals surface area (Å²) in [5.74, 6) is -0.108. The van der Waals surface area contributed by atoms with Crippen molar-refractivity contribution in [3.8, 4) is 0 Å². The summed E-state index contributed by atoms with van der Waals surface area (Å²) in [4.78, 5) is 12.7. The molecule has 0 radical (unpaired) electrons. The van der Waals surface area contributed by atoms with Gasteiger partial charge in [0.1, 0.15) is 6.17 Å². The van der Waals surface area contributed by atoms with Gasteiger partial charge in [-0.15, -0.1) is 5.10 Å². The number of carbonyl (C=O) groups excluding carboxylic acids is 1. The second-order valence-electron chi connectivity index (χ2n) is 5.68. The molecule has 128 valence electrons. The van der Waals surface area contributed by atoms with E-state index in [4.69, 9.17) is 23.2 Å². The van der Waals surface area contributed by atoms with Crippen LogP contribution in [-0.2, 0) is 4.79 Å². The molecule has 0 aliphatic carbocycles. The van der Waals surface area contributed by atoms with Gasteiger partial charge in [-0.25, -0.2) is 0 Å². The van der Waals surface area contributed by atoms with Crippen LogP contribution in [0.1, 0.15) is 23.3 Å². The highest BCUT2D eigenvalue weighted by atomic mass is 35.5. The quantitative estimate of drug-likeness (QED) is 0.762. The fourth-order valence-electron chi connectivity index (χ4n) is 3.09. The molecule has 1 amide bonds. The molecule has 0 unspecified atom stereocenters. The number of nitrogens with one attached hydrogen (secondary N) is 2. The largest absolute Gasteiger partial charge is 0.360 e. The number of rotatable bonds is 1. The van der Waals surface area contributed by atoms with Crippen LogP contribution in [0.25, 0.3) is 0 Å². The number of benzene rings is 2. The van der Waals surface area contributed by atoms with Gasteiger partial charge in [-0.05, 0) is 24.5 Å². The fourth-order valence-corrected chi connectivity index (χ4v) is 3.98. The highest BCUT2D eigenvalue weighted by Crippen LogP contribution is 2.44. The lowest BCUT2D eigenvalue weighted by atomic mass is 9.97. The molecule has 2 heterocycles. The van der Waals surface area contributed by atoms with E-state index in [9.17, 15) is 4.79 Å². The third kappa shape index (κ3) is 2.84. The van der Waals surface area contributed by atoms with E-state index in [0.29, 0.717) is 15.2 Å². The monoisotopic (exact) mass is 392 g/mol. The van der Waals surface area contributed by atoms with Gasteiger partial charge < -0.3 is 10.6 Å². The minimum absolute atomic E-state index is 0.108. The van der Waals surface area contributed by atoms with E-state index >= 15 is 0 Å².